The number of carbonyl (C=O) groups excluding carboxylic acids is 2. The Morgan fingerprint density at radius 3 is 2.62 bits per heavy atom. The van der Waals surface area contributed by atoms with Crippen molar-refractivity contribution < 1.29 is 9.59 Å². The SMILES string of the molecule is CCNC(=O)c1cc(Br)cc(Br)c1NC(=O)c1cc(Br)nn1-c1ncccc1Cl. The molecule has 1 aromatic carbocycles. The van der Waals surface area contributed by atoms with Gasteiger partial charge >= 0.3 is 0 Å². The summed E-state index contributed by atoms with van der Waals surface area (Å²) in [5, 5.41) is 10.1. The lowest BCUT2D eigenvalue weighted by Gasteiger charge is -2.14. The lowest BCUT2D eigenvalue weighted by molar-refractivity contribution is 0.0956. The maximum absolute atomic E-state index is 13.1. The number of carbonyl (C=O) groups is 2. The van der Waals surface area contributed by atoms with Crippen LogP contribution in [-0.2, 0) is 0 Å². The van der Waals surface area contributed by atoms with E-state index in [2.05, 4.69) is 68.5 Å². The van der Waals surface area contributed by atoms with E-state index in [1.807, 2.05) is 6.92 Å². The second kappa shape index (κ2) is 9.38. The van der Waals surface area contributed by atoms with Crippen molar-refractivity contribution in [3.63, 3.8) is 0 Å². The number of nitrogens with zero attached hydrogens (tertiary/aromatic N) is 3. The van der Waals surface area contributed by atoms with Crippen molar-refractivity contribution in [2.75, 3.05) is 11.9 Å². The van der Waals surface area contributed by atoms with Crippen molar-refractivity contribution in [1.29, 1.82) is 0 Å². The van der Waals surface area contributed by atoms with Crippen molar-refractivity contribution in [3.8, 4) is 5.82 Å². The average Bonchev–Trinajstić information content (AvgIpc) is 3.05. The van der Waals surface area contributed by atoms with Crippen LogP contribution in [0.5, 0.6) is 0 Å². The molecule has 0 saturated carbocycles. The van der Waals surface area contributed by atoms with Crippen LogP contribution in [-0.4, -0.2) is 33.1 Å². The van der Waals surface area contributed by atoms with Gasteiger partial charge in [-0.1, -0.05) is 27.5 Å². The third kappa shape index (κ3) is 4.88. The smallest absolute Gasteiger partial charge is 0.274 e. The molecule has 3 aromatic rings. The summed E-state index contributed by atoms with van der Waals surface area (Å²) in [6.07, 6.45) is 1.55. The molecule has 0 bridgehead atoms. The van der Waals surface area contributed by atoms with Gasteiger partial charge in [-0.3, -0.25) is 9.59 Å². The molecule has 11 heteroatoms. The van der Waals surface area contributed by atoms with Crippen LogP contribution in [0.2, 0.25) is 5.02 Å². The molecular weight excluding hydrogens is 593 g/mol. The highest BCUT2D eigenvalue weighted by atomic mass is 79.9. The van der Waals surface area contributed by atoms with Crippen LogP contribution in [0, 0.1) is 0 Å². The fourth-order valence-electron chi connectivity index (χ4n) is 2.52. The van der Waals surface area contributed by atoms with Gasteiger partial charge < -0.3 is 10.6 Å². The van der Waals surface area contributed by atoms with E-state index in [4.69, 9.17) is 11.6 Å². The first kappa shape index (κ1) is 21.9. The summed E-state index contributed by atoms with van der Waals surface area (Å²) in [4.78, 5) is 29.7. The molecule has 0 unspecified atom stereocenters. The van der Waals surface area contributed by atoms with E-state index in [0.717, 1.165) is 0 Å². The van der Waals surface area contributed by atoms with Gasteiger partial charge in [0.1, 0.15) is 10.3 Å². The van der Waals surface area contributed by atoms with E-state index in [1.165, 1.54) is 4.68 Å². The van der Waals surface area contributed by atoms with E-state index in [0.29, 0.717) is 42.2 Å². The summed E-state index contributed by atoms with van der Waals surface area (Å²) in [5.41, 5.74) is 0.830. The van der Waals surface area contributed by atoms with Gasteiger partial charge in [-0.05, 0) is 63.0 Å². The highest BCUT2D eigenvalue weighted by Crippen LogP contribution is 2.32. The normalized spacial score (nSPS) is 10.7. The number of pyridine rings is 1. The van der Waals surface area contributed by atoms with Gasteiger partial charge in [-0.25, -0.2) is 9.67 Å². The Bertz CT molecular complexity index is 1100. The van der Waals surface area contributed by atoms with Crippen LogP contribution in [0.3, 0.4) is 0 Å². The summed E-state index contributed by atoms with van der Waals surface area (Å²) in [5.74, 6) is -0.491. The second-order valence-corrected chi connectivity index (χ2v) is 8.69. The molecule has 0 aliphatic carbocycles. The zero-order valence-corrected chi connectivity index (χ0v) is 20.4. The van der Waals surface area contributed by atoms with Crippen molar-refractivity contribution in [1.82, 2.24) is 20.1 Å². The zero-order chi connectivity index (χ0) is 21.1. The topological polar surface area (TPSA) is 88.9 Å². The molecule has 29 heavy (non-hydrogen) atoms. The molecule has 0 radical (unpaired) electrons. The number of benzene rings is 1. The molecule has 2 amide bonds. The molecule has 0 aliphatic heterocycles. The maximum Gasteiger partial charge on any atom is 0.274 e. The van der Waals surface area contributed by atoms with Crippen molar-refractivity contribution >= 4 is 76.9 Å². The van der Waals surface area contributed by atoms with Crippen LogP contribution < -0.4 is 10.6 Å². The molecule has 0 atom stereocenters. The van der Waals surface area contributed by atoms with Crippen LogP contribution in [0.15, 0.2) is 50.1 Å². The summed E-state index contributed by atoms with van der Waals surface area (Å²) < 4.78 is 3.00. The number of nitrogens with one attached hydrogen (secondary N) is 2. The van der Waals surface area contributed by atoms with Crippen LogP contribution >= 0.6 is 59.4 Å². The molecule has 0 saturated heterocycles. The molecule has 0 spiro atoms. The van der Waals surface area contributed by atoms with Crippen LogP contribution in [0.4, 0.5) is 5.69 Å². The minimum atomic E-state index is -0.488. The number of anilines is 1. The average molecular weight is 607 g/mol. The van der Waals surface area contributed by atoms with Gasteiger partial charge in [0.2, 0.25) is 0 Å². The molecular formula is C18H13Br3ClN5O2. The van der Waals surface area contributed by atoms with E-state index < -0.39 is 5.91 Å². The number of halogens is 4. The van der Waals surface area contributed by atoms with E-state index in [-0.39, 0.29) is 11.6 Å². The molecule has 0 fully saturated rings. The van der Waals surface area contributed by atoms with Gasteiger partial charge in [0, 0.05) is 27.8 Å². The number of rotatable bonds is 5. The largest absolute Gasteiger partial charge is 0.352 e. The molecule has 2 aromatic heterocycles. The Morgan fingerprint density at radius 1 is 1.17 bits per heavy atom. The minimum absolute atomic E-state index is 0.189. The van der Waals surface area contributed by atoms with Crippen molar-refractivity contribution in [2.45, 2.75) is 6.92 Å². The lowest BCUT2D eigenvalue weighted by atomic mass is 10.1. The predicted octanol–water partition coefficient (Wildman–Crippen LogP) is 5.21. The first-order chi connectivity index (χ1) is 13.8. The van der Waals surface area contributed by atoms with Gasteiger partial charge in [0.15, 0.2) is 5.82 Å². The number of amides is 2. The van der Waals surface area contributed by atoms with Gasteiger partial charge in [0.05, 0.1) is 16.3 Å². The summed E-state index contributed by atoms with van der Waals surface area (Å²) in [7, 11) is 0. The number of aromatic nitrogens is 3. The second-order valence-electron chi connectivity index (χ2n) is 5.70. The van der Waals surface area contributed by atoms with E-state index in [1.54, 1.807) is 36.5 Å². The summed E-state index contributed by atoms with van der Waals surface area (Å²) >= 11 is 16.3. The van der Waals surface area contributed by atoms with Crippen LogP contribution in [0.25, 0.3) is 5.82 Å². The molecule has 3 rings (SSSR count). The van der Waals surface area contributed by atoms with E-state index in [9.17, 15) is 9.59 Å². The first-order valence-corrected chi connectivity index (χ1v) is 11.0. The Kier molecular flexibility index (Phi) is 7.10. The minimum Gasteiger partial charge on any atom is -0.352 e. The highest BCUT2D eigenvalue weighted by Gasteiger charge is 2.22. The molecule has 2 heterocycles. The Hall–Kier alpha value is -1.75. The number of hydrogen-bond donors (Lipinski definition) is 2. The molecule has 0 aliphatic rings. The molecule has 150 valence electrons. The van der Waals surface area contributed by atoms with Crippen LogP contribution in [0.1, 0.15) is 27.8 Å². The van der Waals surface area contributed by atoms with Crippen molar-refractivity contribution in [3.05, 3.63) is 66.4 Å². The van der Waals surface area contributed by atoms with Gasteiger partial charge in [-0.15, -0.1) is 0 Å². The summed E-state index contributed by atoms with van der Waals surface area (Å²) in [6, 6.07) is 8.25. The van der Waals surface area contributed by atoms with E-state index >= 15 is 0 Å². The zero-order valence-electron chi connectivity index (χ0n) is 14.8. The van der Waals surface area contributed by atoms with Gasteiger partial charge in [0.25, 0.3) is 11.8 Å². The third-order valence-corrected chi connectivity index (χ3v) is 5.49. The third-order valence-electron chi connectivity index (χ3n) is 3.73. The molecule has 2 N–H and O–H groups in total. The maximum atomic E-state index is 13.1. The monoisotopic (exact) mass is 603 g/mol. The Labute approximate surface area is 196 Å². The van der Waals surface area contributed by atoms with Gasteiger partial charge in [-0.2, -0.15) is 5.10 Å². The molecule has 7 nitrogen and oxygen atoms in total. The first-order valence-electron chi connectivity index (χ1n) is 8.26. The quantitative estimate of drug-likeness (QED) is 0.418. The fraction of sp³-hybridized carbons (Fsp3) is 0.111. The fourth-order valence-corrected chi connectivity index (χ4v) is 4.42. The predicted molar refractivity (Wildman–Crippen MR) is 122 cm³/mol. The summed E-state index contributed by atoms with van der Waals surface area (Å²) in [6.45, 7) is 2.27. The lowest BCUT2D eigenvalue weighted by Crippen LogP contribution is -2.25. The number of hydrogen-bond acceptors (Lipinski definition) is 4. The van der Waals surface area contributed by atoms with Crippen molar-refractivity contribution in [2.24, 2.45) is 0 Å². The Morgan fingerprint density at radius 2 is 1.93 bits per heavy atom. The highest BCUT2D eigenvalue weighted by molar-refractivity contribution is 9.11. The Balaban J connectivity index is 2.03. The standard InChI is InChI=1S/C18H13Br3ClN5O2/c1-2-23-17(28)10-6-9(19)7-11(20)15(10)25-18(29)13-8-14(21)26-27(13)16-12(22)4-3-5-24-16/h3-8H,2H2,1H3,(H,23,28)(H,25,29).